The minimum absolute atomic E-state index is 0.200. The van der Waals surface area contributed by atoms with Crippen LogP contribution in [-0.2, 0) is 23.9 Å². The molecule has 1 unspecified atom stereocenters. The van der Waals surface area contributed by atoms with Crippen molar-refractivity contribution >= 4 is 17.7 Å². The molecule has 0 aromatic heterocycles. The first-order valence-electron chi connectivity index (χ1n) is 5.56. The molecule has 0 aliphatic rings. The minimum atomic E-state index is -1.02. The van der Waals surface area contributed by atoms with Crippen LogP contribution < -0.4 is 0 Å². The van der Waals surface area contributed by atoms with E-state index in [1.54, 1.807) is 27.7 Å². The van der Waals surface area contributed by atoms with Crippen LogP contribution in [0, 0.1) is 5.92 Å². The molecule has 0 aliphatic carbocycles. The van der Waals surface area contributed by atoms with Crippen molar-refractivity contribution in [3.05, 3.63) is 0 Å². The Kier molecular flexibility index (Phi) is 5.85. The summed E-state index contributed by atoms with van der Waals surface area (Å²) in [5.74, 6) is -2.49. The highest BCUT2D eigenvalue weighted by Crippen LogP contribution is 2.13. The fraction of sp³-hybridized carbons (Fsp3) is 0.750. The quantitative estimate of drug-likeness (QED) is 0.541. The Morgan fingerprint density at radius 3 is 2.06 bits per heavy atom. The van der Waals surface area contributed by atoms with Gasteiger partial charge in [-0.2, -0.15) is 0 Å². The summed E-state index contributed by atoms with van der Waals surface area (Å²) in [4.78, 5) is 34.0. The second-order valence-electron chi connectivity index (χ2n) is 4.71. The molecule has 17 heavy (non-hydrogen) atoms. The summed E-state index contributed by atoms with van der Waals surface area (Å²) < 4.78 is 9.81. The average molecular weight is 244 g/mol. The monoisotopic (exact) mass is 244 g/mol. The van der Waals surface area contributed by atoms with E-state index < -0.39 is 23.5 Å². The van der Waals surface area contributed by atoms with E-state index in [0.29, 0.717) is 0 Å². The molecule has 0 saturated carbocycles. The number of carbonyl (C=O) groups excluding carboxylic acids is 3. The van der Waals surface area contributed by atoms with Crippen LogP contribution >= 0.6 is 0 Å². The largest absolute Gasteiger partial charge is 0.464 e. The van der Waals surface area contributed by atoms with E-state index in [2.05, 4.69) is 0 Å². The van der Waals surface area contributed by atoms with Gasteiger partial charge in [-0.05, 0) is 20.8 Å². The number of Topliss-reactive ketones (excluding diaryl/α,β-unsaturated/α-hetero) is 1. The normalized spacial score (nSPS) is 12.8. The van der Waals surface area contributed by atoms with Gasteiger partial charge in [0.1, 0.15) is 23.9 Å². The van der Waals surface area contributed by atoms with E-state index in [-0.39, 0.29) is 18.8 Å². The lowest BCUT2D eigenvalue weighted by Crippen LogP contribution is -2.35. The first kappa shape index (κ1) is 15.6. The number of esters is 2. The van der Waals surface area contributed by atoms with Gasteiger partial charge in [-0.25, -0.2) is 0 Å². The van der Waals surface area contributed by atoms with E-state index in [1.807, 2.05) is 0 Å². The van der Waals surface area contributed by atoms with Gasteiger partial charge in [-0.1, -0.05) is 6.92 Å². The second-order valence-corrected chi connectivity index (χ2v) is 4.71. The summed E-state index contributed by atoms with van der Waals surface area (Å²) in [6.07, 6.45) is 0.200. The summed E-state index contributed by atoms with van der Waals surface area (Å²) in [7, 11) is 0. The van der Waals surface area contributed by atoms with Gasteiger partial charge in [0.25, 0.3) is 0 Å². The molecule has 0 saturated heterocycles. The number of rotatable bonds is 5. The van der Waals surface area contributed by atoms with Crippen molar-refractivity contribution in [3.63, 3.8) is 0 Å². The number of hydrogen-bond acceptors (Lipinski definition) is 5. The Bertz CT molecular complexity index is 301. The minimum Gasteiger partial charge on any atom is -0.464 e. The molecule has 1 atom stereocenters. The molecule has 0 aromatic carbocycles. The highest BCUT2D eigenvalue weighted by atomic mass is 16.6. The summed E-state index contributed by atoms with van der Waals surface area (Å²) in [6, 6.07) is 0. The van der Waals surface area contributed by atoms with Crippen LogP contribution in [0.4, 0.5) is 0 Å². The Morgan fingerprint density at radius 2 is 1.71 bits per heavy atom. The molecular formula is C12H20O5. The van der Waals surface area contributed by atoms with Crippen LogP contribution in [0.2, 0.25) is 0 Å². The number of hydrogen-bond donors (Lipinski definition) is 0. The van der Waals surface area contributed by atoms with Gasteiger partial charge >= 0.3 is 11.9 Å². The van der Waals surface area contributed by atoms with Crippen molar-refractivity contribution < 1.29 is 23.9 Å². The maximum absolute atomic E-state index is 11.7. The maximum Gasteiger partial charge on any atom is 0.320 e. The number of ether oxygens (including phenoxy) is 2. The molecule has 0 radical (unpaired) electrons. The topological polar surface area (TPSA) is 69.7 Å². The molecule has 0 rings (SSSR count). The Morgan fingerprint density at radius 1 is 1.18 bits per heavy atom. The van der Waals surface area contributed by atoms with Gasteiger partial charge in [-0.3, -0.25) is 14.4 Å². The molecule has 0 bridgehead atoms. The lowest BCUT2D eigenvalue weighted by atomic mass is 10.0. The Labute approximate surface area is 101 Å². The SMILES string of the molecule is CCC(=O)C(COC(C)=O)C(=O)OC(C)(C)C. The van der Waals surface area contributed by atoms with E-state index in [4.69, 9.17) is 9.47 Å². The summed E-state index contributed by atoms with van der Waals surface area (Å²) in [6.45, 7) is 7.76. The van der Waals surface area contributed by atoms with Gasteiger partial charge < -0.3 is 9.47 Å². The van der Waals surface area contributed by atoms with E-state index in [1.165, 1.54) is 6.92 Å². The van der Waals surface area contributed by atoms with Crippen LogP contribution in [0.15, 0.2) is 0 Å². The maximum atomic E-state index is 11.7. The summed E-state index contributed by atoms with van der Waals surface area (Å²) in [5, 5.41) is 0. The van der Waals surface area contributed by atoms with Crippen molar-refractivity contribution in [1.29, 1.82) is 0 Å². The lowest BCUT2D eigenvalue weighted by molar-refractivity contribution is -0.165. The van der Waals surface area contributed by atoms with Gasteiger partial charge in [0.2, 0.25) is 0 Å². The molecule has 0 aliphatic heterocycles. The van der Waals surface area contributed by atoms with E-state index >= 15 is 0 Å². The molecule has 0 aromatic rings. The summed E-state index contributed by atoms with van der Waals surface area (Å²) in [5.41, 5.74) is -0.667. The smallest absolute Gasteiger partial charge is 0.320 e. The summed E-state index contributed by atoms with van der Waals surface area (Å²) >= 11 is 0. The molecule has 0 fully saturated rings. The lowest BCUT2D eigenvalue weighted by Gasteiger charge is -2.23. The van der Waals surface area contributed by atoms with Crippen LogP contribution in [0.1, 0.15) is 41.0 Å². The third kappa shape index (κ3) is 6.71. The molecule has 0 N–H and O–H groups in total. The van der Waals surface area contributed by atoms with E-state index in [9.17, 15) is 14.4 Å². The molecule has 0 amide bonds. The first-order valence-corrected chi connectivity index (χ1v) is 5.56. The standard InChI is InChI=1S/C12H20O5/c1-6-10(14)9(7-16-8(2)13)11(15)17-12(3,4)5/h9H,6-7H2,1-5H3. The Hall–Kier alpha value is -1.39. The fourth-order valence-corrected chi connectivity index (χ4v) is 1.11. The molecule has 0 heterocycles. The van der Waals surface area contributed by atoms with Gasteiger partial charge in [0, 0.05) is 13.3 Å². The average Bonchev–Trinajstić information content (AvgIpc) is 2.14. The van der Waals surface area contributed by atoms with Gasteiger partial charge in [0.15, 0.2) is 0 Å². The molecule has 5 heteroatoms. The van der Waals surface area contributed by atoms with Crippen molar-refractivity contribution in [2.45, 2.75) is 46.6 Å². The molecular weight excluding hydrogens is 224 g/mol. The number of ketones is 1. The second kappa shape index (κ2) is 6.37. The molecule has 98 valence electrons. The molecule has 0 spiro atoms. The first-order chi connectivity index (χ1) is 7.67. The van der Waals surface area contributed by atoms with Crippen molar-refractivity contribution in [3.8, 4) is 0 Å². The fourth-order valence-electron chi connectivity index (χ4n) is 1.11. The zero-order valence-electron chi connectivity index (χ0n) is 11.0. The zero-order valence-corrected chi connectivity index (χ0v) is 11.0. The van der Waals surface area contributed by atoms with Crippen LogP contribution in [-0.4, -0.2) is 29.9 Å². The van der Waals surface area contributed by atoms with Crippen molar-refractivity contribution in [2.24, 2.45) is 5.92 Å². The van der Waals surface area contributed by atoms with Crippen molar-refractivity contribution in [2.75, 3.05) is 6.61 Å². The molecule has 5 nitrogen and oxygen atoms in total. The number of carbonyl (C=O) groups is 3. The zero-order chi connectivity index (χ0) is 13.6. The highest BCUT2D eigenvalue weighted by Gasteiger charge is 2.31. The van der Waals surface area contributed by atoms with Gasteiger partial charge in [-0.15, -0.1) is 0 Å². The predicted molar refractivity (Wildman–Crippen MR) is 61.3 cm³/mol. The van der Waals surface area contributed by atoms with Crippen molar-refractivity contribution in [1.82, 2.24) is 0 Å². The third-order valence-electron chi connectivity index (χ3n) is 1.88. The van der Waals surface area contributed by atoms with Crippen LogP contribution in [0.25, 0.3) is 0 Å². The van der Waals surface area contributed by atoms with E-state index in [0.717, 1.165) is 0 Å². The highest BCUT2D eigenvalue weighted by molar-refractivity contribution is 5.99. The predicted octanol–water partition coefficient (Wildman–Crippen LogP) is 1.49. The Balaban J connectivity index is 4.62. The van der Waals surface area contributed by atoms with Crippen LogP contribution in [0.5, 0.6) is 0 Å². The van der Waals surface area contributed by atoms with Gasteiger partial charge in [0.05, 0.1) is 0 Å². The van der Waals surface area contributed by atoms with Crippen LogP contribution in [0.3, 0.4) is 0 Å². The third-order valence-corrected chi connectivity index (χ3v) is 1.88.